The van der Waals surface area contributed by atoms with Crippen LogP contribution < -0.4 is 0 Å². The molecule has 1 atom stereocenters. The Morgan fingerprint density at radius 2 is 2.05 bits per heavy atom. The van der Waals surface area contributed by atoms with Gasteiger partial charge in [-0.2, -0.15) is 0 Å². The summed E-state index contributed by atoms with van der Waals surface area (Å²) in [4.78, 5) is 25.6. The fourth-order valence-electron chi connectivity index (χ4n) is 2.70. The van der Waals surface area contributed by atoms with E-state index in [0.29, 0.717) is 24.9 Å². The molecule has 5 heteroatoms. The number of hydrogen-bond acceptors (Lipinski definition) is 3. The molecule has 1 N–H and O–H groups in total. The first-order valence-electron chi connectivity index (χ1n) is 6.66. The minimum atomic E-state index is -0.989. The monoisotopic (exact) mass is 277 g/mol. The molecule has 1 saturated heterocycles. The molecule has 0 spiro atoms. The lowest BCUT2D eigenvalue weighted by Crippen LogP contribution is -2.52. The lowest BCUT2D eigenvalue weighted by molar-refractivity contribution is -0.155. The van der Waals surface area contributed by atoms with Crippen molar-refractivity contribution in [2.75, 3.05) is 26.8 Å². The number of carboxylic acid groups (broad SMARTS) is 1. The van der Waals surface area contributed by atoms with Crippen LogP contribution in [0, 0.1) is 5.41 Å². The zero-order valence-corrected chi connectivity index (χ0v) is 11.5. The Kier molecular flexibility index (Phi) is 4.39. The summed E-state index contributed by atoms with van der Waals surface area (Å²) < 4.78 is 5.06. The number of benzene rings is 1. The van der Waals surface area contributed by atoms with Crippen molar-refractivity contribution in [2.45, 2.75) is 12.8 Å². The van der Waals surface area contributed by atoms with Crippen LogP contribution in [0.2, 0.25) is 0 Å². The molecule has 0 aromatic heterocycles. The van der Waals surface area contributed by atoms with E-state index in [0.717, 1.165) is 0 Å². The van der Waals surface area contributed by atoms with Gasteiger partial charge in [-0.1, -0.05) is 18.2 Å². The van der Waals surface area contributed by atoms with Gasteiger partial charge in [0, 0.05) is 25.8 Å². The highest BCUT2D eigenvalue weighted by molar-refractivity contribution is 5.94. The fourth-order valence-corrected chi connectivity index (χ4v) is 2.70. The molecule has 5 nitrogen and oxygen atoms in total. The van der Waals surface area contributed by atoms with Crippen molar-refractivity contribution in [3.63, 3.8) is 0 Å². The number of carbonyl (C=O) groups is 2. The van der Waals surface area contributed by atoms with Gasteiger partial charge in [0.25, 0.3) is 5.91 Å². The first kappa shape index (κ1) is 14.5. The number of methoxy groups -OCH3 is 1. The van der Waals surface area contributed by atoms with Crippen molar-refractivity contribution in [3.05, 3.63) is 35.9 Å². The van der Waals surface area contributed by atoms with Crippen molar-refractivity contribution in [3.8, 4) is 0 Å². The van der Waals surface area contributed by atoms with Crippen LogP contribution in [0.3, 0.4) is 0 Å². The molecule has 0 aliphatic carbocycles. The van der Waals surface area contributed by atoms with Crippen LogP contribution in [0.15, 0.2) is 30.3 Å². The molecular formula is C15H19NO4. The normalized spacial score (nSPS) is 22.6. The second-order valence-corrected chi connectivity index (χ2v) is 5.21. The predicted octanol–water partition coefficient (Wildman–Crippen LogP) is 1.64. The summed E-state index contributed by atoms with van der Waals surface area (Å²) in [6.45, 7) is 0.914. The van der Waals surface area contributed by atoms with Crippen molar-refractivity contribution in [1.29, 1.82) is 0 Å². The van der Waals surface area contributed by atoms with Gasteiger partial charge < -0.3 is 14.7 Å². The van der Waals surface area contributed by atoms with Crippen LogP contribution in [0.5, 0.6) is 0 Å². The Bertz CT molecular complexity index is 484. The average Bonchev–Trinajstić information content (AvgIpc) is 2.48. The summed E-state index contributed by atoms with van der Waals surface area (Å²) in [7, 11) is 1.49. The van der Waals surface area contributed by atoms with E-state index in [4.69, 9.17) is 4.74 Å². The maximum Gasteiger partial charge on any atom is 0.313 e. The van der Waals surface area contributed by atoms with Crippen molar-refractivity contribution in [1.82, 2.24) is 4.90 Å². The first-order chi connectivity index (χ1) is 9.59. The SMILES string of the molecule is COCC1(C(=O)O)CCCN(C(=O)c2ccccc2)C1. The summed E-state index contributed by atoms with van der Waals surface area (Å²) in [6, 6.07) is 8.94. The maximum absolute atomic E-state index is 12.4. The zero-order chi connectivity index (χ0) is 14.6. The second-order valence-electron chi connectivity index (χ2n) is 5.21. The van der Waals surface area contributed by atoms with E-state index < -0.39 is 11.4 Å². The van der Waals surface area contributed by atoms with Gasteiger partial charge in [-0.05, 0) is 25.0 Å². The van der Waals surface area contributed by atoms with Crippen LogP contribution in [-0.4, -0.2) is 48.7 Å². The molecule has 20 heavy (non-hydrogen) atoms. The van der Waals surface area contributed by atoms with E-state index >= 15 is 0 Å². The largest absolute Gasteiger partial charge is 0.481 e. The highest BCUT2D eigenvalue weighted by Crippen LogP contribution is 2.31. The molecule has 2 rings (SSSR count). The molecule has 1 aromatic carbocycles. The number of aliphatic carboxylic acids is 1. The Hall–Kier alpha value is -1.88. The molecule has 108 valence electrons. The fraction of sp³-hybridized carbons (Fsp3) is 0.467. The average molecular weight is 277 g/mol. The van der Waals surface area contributed by atoms with E-state index in [2.05, 4.69) is 0 Å². The lowest BCUT2D eigenvalue weighted by Gasteiger charge is -2.39. The third-order valence-corrected chi connectivity index (χ3v) is 3.76. The smallest absolute Gasteiger partial charge is 0.313 e. The van der Waals surface area contributed by atoms with E-state index in [9.17, 15) is 14.7 Å². The Balaban J connectivity index is 2.18. The number of hydrogen-bond donors (Lipinski definition) is 1. The summed E-state index contributed by atoms with van der Waals surface area (Å²) in [6.07, 6.45) is 1.21. The Morgan fingerprint density at radius 1 is 1.35 bits per heavy atom. The van der Waals surface area contributed by atoms with E-state index in [1.807, 2.05) is 6.07 Å². The minimum absolute atomic E-state index is 0.118. The summed E-state index contributed by atoms with van der Waals surface area (Å²) in [5.74, 6) is -1.02. The third kappa shape index (κ3) is 2.82. The van der Waals surface area contributed by atoms with Gasteiger partial charge >= 0.3 is 5.97 Å². The maximum atomic E-state index is 12.4. The molecule has 0 saturated carbocycles. The summed E-state index contributed by atoms with van der Waals surface area (Å²) in [5.41, 5.74) is -0.400. The molecule has 0 radical (unpaired) electrons. The van der Waals surface area contributed by atoms with Crippen LogP contribution in [-0.2, 0) is 9.53 Å². The number of piperidine rings is 1. The quantitative estimate of drug-likeness (QED) is 0.908. The second kappa shape index (κ2) is 6.05. The summed E-state index contributed by atoms with van der Waals surface area (Å²) >= 11 is 0. The van der Waals surface area contributed by atoms with E-state index in [1.165, 1.54) is 7.11 Å². The molecule has 1 aliphatic heterocycles. The van der Waals surface area contributed by atoms with Crippen LogP contribution in [0.4, 0.5) is 0 Å². The van der Waals surface area contributed by atoms with Gasteiger partial charge in [0.2, 0.25) is 0 Å². The number of carboxylic acids is 1. The van der Waals surface area contributed by atoms with Gasteiger partial charge in [-0.25, -0.2) is 0 Å². The Morgan fingerprint density at radius 3 is 2.65 bits per heavy atom. The number of likely N-dealkylation sites (tertiary alicyclic amines) is 1. The van der Waals surface area contributed by atoms with Crippen molar-refractivity contribution >= 4 is 11.9 Å². The lowest BCUT2D eigenvalue weighted by atomic mass is 9.80. The number of rotatable bonds is 4. The van der Waals surface area contributed by atoms with Gasteiger partial charge in [0.1, 0.15) is 5.41 Å². The first-order valence-corrected chi connectivity index (χ1v) is 6.66. The van der Waals surface area contributed by atoms with Gasteiger partial charge in [0.15, 0.2) is 0 Å². The topological polar surface area (TPSA) is 66.8 Å². The van der Waals surface area contributed by atoms with Crippen LogP contribution in [0.25, 0.3) is 0 Å². The van der Waals surface area contributed by atoms with Crippen LogP contribution in [0.1, 0.15) is 23.2 Å². The minimum Gasteiger partial charge on any atom is -0.481 e. The molecule has 1 unspecified atom stereocenters. The highest BCUT2D eigenvalue weighted by Gasteiger charge is 2.43. The molecule has 1 fully saturated rings. The highest BCUT2D eigenvalue weighted by atomic mass is 16.5. The van der Waals surface area contributed by atoms with Gasteiger partial charge in [-0.3, -0.25) is 9.59 Å². The number of ether oxygens (including phenoxy) is 1. The molecular weight excluding hydrogens is 258 g/mol. The Labute approximate surface area is 118 Å². The summed E-state index contributed by atoms with van der Waals surface area (Å²) in [5, 5.41) is 9.47. The van der Waals surface area contributed by atoms with Crippen molar-refractivity contribution in [2.24, 2.45) is 5.41 Å². The van der Waals surface area contributed by atoms with Gasteiger partial charge in [0.05, 0.1) is 6.61 Å². The number of nitrogens with zero attached hydrogens (tertiary/aromatic N) is 1. The standard InChI is InChI=1S/C15H19NO4/c1-20-11-15(14(18)19)8-5-9-16(10-15)13(17)12-6-3-2-4-7-12/h2-4,6-7H,5,8-11H2,1H3,(H,18,19). The predicted molar refractivity (Wildman–Crippen MR) is 73.5 cm³/mol. The van der Waals surface area contributed by atoms with Crippen molar-refractivity contribution < 1.29 is 19.4 Å². The molecule has 0 bridgehead atoms. The number of carbonyl (C=O) groups excluding carboxylic acids is 1. The molecule has 1 aromatic rings. The van der Waals surface area contributed by atoms with E-state index in [1.54, 1.807) is 29.2 Å². The number of amides is 1. The molecule has 1 heterocycles. The molecule has 1 aliphatic rings. The zero-order valence-electron chi connectivity index (χ0n) is 11.5. The molecule has 1 amide bonds. The third-order valence-electron chi connectivity index (χ3n) is 3.76. The van der Waals surface area contributed by atoms with Crippen LogP contribution >= 0.6 is 0 Å². The van der Waals surface area contributed by atoms with Gasteiger partial charge in [-0.15, -0.1) is 0 Å². The van der Waals surface area contributed by atoms with E-state index in [-0.39, 0.29) is 19.1 Å².